The molecule has 0 spiro atoms. The summed E-state index contributed by atoms with van der Waals surface area (Å²) in [5, 5.41) is 17.2. The largest absolute Gasteiger partial charge is 0.480 e. The Labute approximate surface area is 107 Å². The van der Waals surface area contributed by atoms with E-state index in [0.717, 1.165) is 31.7 Å². The minimum Gasteiger partial charge on any atom is -0.480 e. The molecule has 1 fully saturated rings. The Hall–Kier alpha value is -1.07. The third-order valence-corrected chi connectivity index (χ3v) is 2.94. The number of piperidine rings is 1. The topological polar surface area (TPSA) is 58.5 Å². The Bertz CT molecular complexity index is 334. The lowest BCUT2D eigenvalue weighted by molar-refractivity contribution is 0.208. The van der Waals surface area contributed by atoms with Gasteiger partial charge in [-0.25, -0.2) is 0 Å². The van der Waals surface area contributed by atoms with Gasteiger partial charge in [0, 0.05) is 25.8 Å². The fraction of sp³-hybridized carbons (Fsp3) is 0.636. The molecule has 5 nitrogen and oxygen atoms in total. The number of hydrogen-bond donors (Lipinski definition) is 1. The highest BCUT2D eigenvalue weighted by molar-refractivity contribution is 5.85. The van der Waals surface area contributed by atoms with Gasteiger partial charge in [0.25, 0.3) is 0 Å². The van der Waals surface area contributed by atoms with Gasteiger partial charge in [-0.05, 0) is 24.8 Å². The van der Waals surface area contributed by atoms with Crippen LogP contribution in [0.15, 0.2) is 12.1 Å². The monoisotopic (exact) mass is 259 g/mol. The van der Waals surface area contributed by atoms with Crippen molar-refractivity contribution in [2.24, 2.45) is 5.92 Å². The summed E-state index contributed by atoms with van der Waals surface area (Å²) in [6.07, 6.45) is 2.19. The molecule has 0 amide bonds. The number of aliphatic hydroxyl groups is 1. The number of anilines is 1. The first-order valence-corrected chi connectivity index (χ1v) is 5.57. The second-order valence-electron chi connectivity index (χ2n) is 4.07. The summed E-state index contributed by atoms with van der Waals surface area (Å²) in [6, 6.07) is 3.72. The molecule has 0 aromatic carbocycles. The molecule has 6 heteroatoms. The molecule has 0 radical (unpaired) electrons. The molecule has 0 saturated carbocycles. The van der Waals surface area contributed by atoms with Gasteiger partial charge in [0.1, 0.15) is 0 Å². The van der Waals surface area contributed by atoms with Crippen molar-refractivity contribution in [1.82, 2.24) is 10.2 Å². The molecule has 1 N–H and O–H groups in total. The van der Waals surface area contributed by atoms with Crippen LogP contribution in [-0.2, 0) is 0 Å². The van der Waals surface area contributed by atoms with Crippen LogP contribution in [0.5, 0.6) is 5.88 Å². The first-order chi connectivity index (χ1) is 7.83. The van der Waals surface area contributed by atoms with E-state index in [1.54, 1.807) is 7.11 Å². The number of aliphatic hydroxyl groups excluding tert-OH is 1. The second kappa shape index (κ2) is 6.61. The summed E-state index contributed by atoms with van der Waals surface area (Å²) < 4.78 is 4.97. The smallest absolute Gasteiger partial charge is 0.233 e. The molecule has 17 heavy (non-hydrogen) atoms. The van der Waals surface area contributed by atoms with E-state index in [9.17, 15) is 0 Å². The van der Waals surface area contributed by atoms with Gasteiger partial charge in [0.15, 0.2) is 5.82 Å². The molecule has 1 saturated heterocycles. The molecule has 96 valence electrons. The highest BCUT2D eigenvalue weighted by Crippen LogP contribution is 2.21. The van der Waals surface area contributed by atoms with Gasteiger partial charge >= 0.3 is 0 Å². The Morgan fingerprint density at radius 3 is 2.88 bits per heavy atom. The van der Waals surface area contributed by atoms with Crippen LogP contribution in [0.3, 0.4) is 0 Å². The van der Waals surface area contributed by atoms with E-state index in [-0.39, 0.29) is 19.0 Å². The van der Waals surface area contributed by atoms with Crippen molar-refractivity contribution in [3.05, 3.63) is 12.1 Å². The van der Waals surface area contributed by atoms with Crippen molar-refractivity contribution in [3.8, 4) is 5.88 Å². The number of halogens is 1. The van der Waals surface area contributed by atoms with Gasteiger partial charge in [-0.3, -0.25) is 0 Å². The molecule has 1 atom stereocenters. The Kier molecular flexibility index (Phi) is 5.44. The number of ether oxygens (including phenoxy) is 1. The fourth-order valence-corrected chi connectivity index (χ4v) is 2.01. The van der Waals surface area contributed by atoms with E-state index in [4.69, 9.17) is 9.84 Å². The lowest BCUT2D eigenvalue weighted by Gasteiger charge is -2.32. The summed E-state index contributed by atoms with van der Waals surface area (Å²) in [7, 11) is 1.58. The molecule has 1 unspecified atom stereocenters. The van der Waals surface area contributed by atoms with Crippen LogP contribution in [0.25, 0.3) is 0 Å². The third kappa shape index (κ3) is 3.44. The number of rotatable bonds is 3. The summed E-state index contributed by atoms with van der Waals surface area (Å²) >= 11 is 0. The molecule has 1 aliphatic heterocycles. The maximum atomic E-state index is 9.16. The van der Waals surface area contributed by atoms with Crippen LogP contribution in [0.1, 0.15) is 12.8 Å². The van der Waals surface area contributed by atoms with E-state index in [1.807, 2.05) is 12.1 Å². The summed E-state index contributed by atoms with van der Waals surface area (Å²) in [5.74, 6) is 1.75. The minimum absolute atomic E-state index is 0. The molecular formula is C11H18ClN3O2. The van der Waals surface area contributed by atoms with Crippen LogP contribution in [0.4, 0.5) is 5.82 Å². The molecule has 1 aromatic heterocycles. The summed E-state index contributed by atoms with van der Waals surface area (Å²) in [5.41, 5.74) is 0. The van der Waals surface area contributed by atoms with Crippen LogP contribution < -0.4 is 9.64 Å². The number of aromatic nitrogens is 2. The Balaban J connectivity index is 0.00000144. The van der Waals surface area contributed by atoms with E-state index in [0.29, 0.717) is 11.8 Å². The first-order valence-electron chi connectivity index (χ1n) is 5.57. The van der Waals surface area contributed by atoms with Crippen LogP contribution >= 0.6 is 12.4 Å². The zero-order valence-corrected chi connectivity index (χ0v) is 10.7. The number of nitrogens with zero attached hydrogens (tertiary/aromatic N) is 3. The van der Waals surface area contributed by atoms with Gasteiger partial charge in [-0.2, -0.15) is 0 Å². The summed E-state index contributed by atoms with van der Waals surface area (Å²) in [6.45, 7) is 2.09. The van der Waals surface area contributed by atoms with Gasteiger partial charge < -0.3 is 14.7 Å². The predicted molar refractivity (Wildman–Crippen MR) is 67.9 cm³/mol. The zero-order chi connectivity index (χ0) is 11.4. The number of methoxy groups -OCH3 is 1. The first kappa shape index (κ1) is 14.0. The second-order valence-corrected chi connectivity index (χ2v) is 4.07. The van der Waals surface area contributed by atoms with Crippen molar-refractivity contribution < 1.29 is 9.84 Å². The van der Waals surface area contributed by atoms with Gasteiger partial charge in [-0.1, -0.05) is 0 Å². The normalized spacial score (nSPS) is 19.6. The molecule has 1 aliphatic rings. The van der Waals surface area contributed by atoms with Crippen molar-refractivity contribution in [2.75, 3.05) is 31.7 Å². The average molecular weight is 260 g/mol. The van der Waals surface area contributed by atoms with Gasteiger partial charge in [-0.15, -0.1) is 22.6 Å². The molecular weight excluding hydrogens is 242 g/mol. The molecule has 1 aromatic rings. The maximum Gasteiger partial charge on any atom is 0.233 e. The quantitative estimate of drug-likeness (QED) is 0.882. The molecule has 2 heterocycles. The lowest BCUT2D eigenvalue weighted by Crippen LogP contribution is -2.37. The summed E-state index contributed by atoms with van der Waals surface area (Å²) in [4.78, 5) is 2.16. The van der Waals surface area contributed by atoms with E-state index in [1.165, 1.54) is 0 Å². The Morgan fingerprint density at radius 1 is 1.47 bits per heavy atom. The third-order valence-electron chi connectivity index (χ3n) is 2.94. The zero-order valence-electron chi connectivity index (χ0n) is 9.87. The fourth-order valence-electron chi connectivity index (χ4n) is 2.01. The Morgan fingerprint density at radius 2 is 2.29 bits per heavy atom. The van der Waals surface area contributed by atoms with E-state index < -0.39 is 0 Å². The van der Waals surface area contributed by atoms with Crippen LogP contribution in [0, 0.1) is 5.92 Å². The van der Waals surface area contributed by atoms with Gasteiger partial charge in [0.05, 0.1) is 7.11 Å². The van der Waals surface area contributed by atoms with Crippen molar-refractivity contribution >= 4 is 18.2 Å². The van der Waals surface area contributed by atoms with Crippen molar-refractivity contribution in [1.29, 1.82) is 0 Å². The molecule has 2 rings (SSSR count). The highest BCUT2D eigenvalue weighted by atomic mass is 35.5. The standard InChI is InChI=1S/C11H17N3O2.ClH/c1-16-11-5-4-10(12-13-11)14-6-2-3-9(7-14)8-15;/h4-5,9,15H,2-3,6-8H2,1H3;1H. The van der Waals surface area contributed by atoms with Gasteiger partial charge in [0.2, 0.25) is 5.88 Å². The number of hydrogen-bond acceptors (Lipinski definition) is 5. The van der Waals surface area contributed by atoms with Crippen LogP contribution in [-0.4, -0.2) is 42.1 Å². The van der Waals surface area contributed by atoms with Crippen molar-refractivity contribution in [3.63, 3.8) is 0 Å². The van der Waals surface area contributed by atoms with Crippen molar-refractivity contribution in [2.45, 2.75) is 12.8 Å². The van der Waals surface area contributed by atoms with E-state index in [2.05, 4.69) is 15.1 Å². The molecule has 0 bridgehead atoms. The average Bonchev–Trinajstić information content (AvgIpc) is 2.39. The molecule has 0 aliphatic carbocycles. The van der Waals surface area contributed by atoms with Crippen LogP contribution in [0.2, 0.25) is 0 Å². The minimum atomic E-state index is 0. The SMILES string of the molecule is COc1ccc(N2CCCC(CO)C2)nn1.Cl. The lowest BCUT2D eigenvalue weighted by atomic mass is 9.99. The predicted octanol–water partition coefficient (Wildman–Crippen LogP) is 1.12. The van der Waals surface area contributed by atoms with E-state index >= 15 is 0 Å². The highest BCUT2D eigenvalue weighted by Gasteiger charge is 2.20. The maximum absolute atomic E-state index is 9.16.